The third-order valence-electron chi connectivity index (χ3n) is 1.90. The molecular formula is C8H5BrN3NaO4S. The number of sulfonamides is 1. The van der Waals surface area contributed by atoms with Crippen LogP contribution in [0.2, 0.25) is 0 Å². The Morgan fingerprint density at radius 1 is 1.50 bits per heavy atom. The molecule has 18 heavy (non-hydrogen) atoms. The van der Waals surface area contributed by atoms with Crippen molar-refractivity contribution in [2.24, 2.45) is 4.40 Å². The summed E-state index contributed by atoms with van der Waals surface area (Å²) < 4.78 is 27.3. The Hall–Kier alpha value is -0.480. The smallest absolute Gasteiger partial charge is 0.550 e. The van der Waals surface area contributed by atoms with E-state index in [4.69, 9.17) is 0 Å². The molecule has 0 bridgehead atoms. The molecule has 0 spiro atoms. The molecular weight excluding hydrogens is 337 g/mol. The molecule has 0 amide bonds. The first-order valence-corrected chi connectivity index (χ1v) is 6.58. The molecule has 2 heterocycles. The van der Waals surface area contributed by atoms with Gasteiger partial charge in [-0.3, -0.25) is 0 Å². The van der Waals surface area contributed by atoms with Crippen molar-refractivity contribution in [1.29, 1.82) is 0 Å². The summed E-state index contributed by atoms with van der Waals surface area (Å²) in [4.78, 5) is 14.1. The zero-order valence-electron chi connectivity index (χ0n) is 9.18. The van der Waals surface area contributed by atoms with E-state index in [1.54, 1.807) is 0 Å². The zero-order chi connectivity index (χ0) is 12.6. The van der Waals surface area contributed by atoms with E-state index in [1.807, 2.05) is 0 Å². The van der Waals surface area contributed by atoms with Crippen LogP contribution in [-0.4, -0.2) is 25.2 Å². The molecule has 0 aromatic carbocycles. The van der Waals surface area contributed by atoms with Crippen molar-refractivity contribution in [2.75, 3.05) is 5.32 Å². The van der Waals surface area contributed by atoms with E-state index in [9.17, 15) is 18.3 Å². The maximum Gasteiger partial charge on any atom is 1.00 e. The van der Waals surface area contributed by atoms with E-state index < -0.39 is 22.4 Å². The number of hydrogen-bond donors (Lipinski definition) is 1. The standard InChI is InChI=1S/C8H6BrN3O4S.Na/c9-4-1-5-8(10-3-4)11-6(2-7(13)14)12-17(5,15)16;/h1,3H,2H2,(H,13,14)(H,10,11,12);/q;+1/p-1. The molecule has 2 rings (SSSR count). The minimum absolute atomic E-state index is 0. The monoisotopic (exact) mass is 341 g/mol. The van der Waals surface area contributed by atoms with E-state index in [1.165, 1.54) is 12.3 Å². The first kappa shape index (κ1) is 15.6. The summed E-state index contributed by atoms with van der Waals surface area (Å²) in [6, 6.07) is 1.34. The van der Waals surface area contributed by atoms with Crippen LogP contribution in [0.5, 0.6) is 0 Å². The number of carboxylic acid groups (broad SMARTS) is 1. The van der Waals surface area contributed by atoms with Crippen molar-refractivity contribution >= 4 is 43.6 Å². The van der Waals surface area contributed by atoms with Crippen molar-refractivity contribution in [2.45, 2.75) is 11.3 Å². The summed E-state index contributed by atoms with van der Waals surface area (Å²) >= 11 is 3.09. The number of rotatable bonds is 2. The van der Waals surface area contributed by atoms with Gasteiger partial charge in [0.25, 0.3) is 10.0 Å². The fourth-order valence-corrected chi connectivity index (χ4v) is 2.88. The van der Waals surface area contributed by atoms with Crippen molar-refractivity contribution < 1.29 is 47.9 Å². The first-order chi connectivity index (χ1) is 7.88. The SMILES string of the molecule is O=C([O-])CC1=NS(=O)(=O)c2cc(Br)cnc2N1.[Na+]. The molecule has 90 valence electrons. The van der Waals surface area contributed by atoms with Crippen LogP contribution in [0, 0.1) is 0 Å². The molecule has 0 unspecified atom stereocenters. The molecule has 1 aromatic heterocycles. The Bertz CT molecular complexity index is 631. The number of fused-ring (bicyclic) bond motifs is 1. The maximum atomic E-state index is 11.7. The number of hydrogen-bond acceptors (Lipinski definition) is 6. The molecule has 1 aromatic rings. The Morgan fingerprint density at radius 2 is 2.17 bits per heavy atom. The maximum absolute atomic E-state index is 11.7. The summed E-state index contributed by atoms with van der Waals surface area (Å²) in [5.74, 6) is -1.58. The van der Waals surface area contributed by atoms with Crippen LogP contribution >= 0.6 is 15.9 Å². The Morgan fingerprint density at radius 3 is 2.78 bits per heavy atom. The first-order valence-electron chi connectivity index (χ1n) is 4.35. The van der Waals surface area contributed by atoms with Crippen LogP contribution < -0.4 is 40.0 Å². The minimum atomic E-state index is -3.92. The molecule has 0 saturated heterocycles. The number of carboxylic acids is 1. The van der Waals surface area contributed by atoms with Gasteiger partial charge in [-0.05, 0) is 22.0 Å². The quantitative estimate of drug-likeness (QED) is 0.559. The van der Waals surface area contributed by atoms with Gasteiger partial charge in [-0.1, -0.05) is 0 Å². The predicted molar refractivity (Wildman–Crippen MR) is 59.8 cm³/mol. The summed E-state index contributed by atoms with van der Waals surface area (Å²) in [7, 11) is -3.92. The van der Waals surface area contributed by atoms with Gasteiger partial charge in [0.05, 0.1) is 0 Å². The third kappa shape index (κ3) is 3.29. The van der Waals surface area contributed by atoms with Crippen LogP contribution in [0.4, 0.5) is 5.82 Å². The van der Waals surface area contributed by atoms with Crippen LogP contribution in [0.3, 0.4) is 0 Å². The van der Waals surface area contributed by atoms with Gasteiger partial charge in [0.2, 0.25) is 0 Å². The normalized spacial score (nSPS) is 15.7. The van der Waals surface area contributed by atoms with Crippen molar-refractivity contribution in [3.63, 3.8) is 0 Å². The van der Waals surface area contributed by atoms with E-state index in [0.717, 1.165) is 0 Å². The van der Waals surface area contributed by atoms with E-state index in [2.05, 4.69) is 30.6 Å². The fraction of sp³-hybridized carbons (Fsp3) is 0.125. The fourth-order valence-electron chi connectivity index (χ4n) is 1.28. The number of pyridine rings is 1. The predicted octanol–water partition coefficient (Wildman–Crippen LogP) is -3.50. The second-order valence-corrected chi connectivity index (χ2v) is 5.68. The largest absolute Gasteiger partial charge is 1.00 e. The molecule has 0 atom stereocenters. The van der Waals surface area contributed by atoms with Crippen LogP contribution in [0.15, 0.2) is 26.0 Å². The van der Waals surface area contributed by atoms with Gasteiger partial charge in [-0.2, -0.15) is 8.42 Å². The summed E-state index contributed by atoms with van der Waals surface area (Å²) in [5.41, 5.74) is 0. The number of halogens is 1. The molecule has 0 saturated carbocycles. The second-order valence-electron chi connectivity index (χ2n) is 3.19. The number of anilines is 1. The molecule has 7 nitrogen and oxygen atoms in total. The Labute approximate surface area is 133 Å². The number of amidine groups is 1. The van der Waals surface area contributed by atoms with Crippen LogP contribution in [-0.2, 0) is 14.8 Å². The molecule has 1 aliphatic rings. The van der Waals surface area contributed by atoms with Crippen LogP contribution in [0.1, 0.15) is 6.42 Å². The molecule has 1 N–H and O–H groups in total. The van der Waals surface area contributed by atoms with Gasteiger partial charge in [0, 0.05) is 23.1 Å². The average Bonchev–Trinajstić information content (AvgIpc) is 2.17. The van der Waals surface area contributed by atoms with Gasteiger partial charge in [0.1, 0.15) is 10.7 Å². The summed E-state index contributed by atoms with van der Waals surface area (Å²) in [6.45, 7) is 0. The number of carbonyl (C=O) groups excluding carboxylic acids is 1. The van der Waals surface area contributed by atoms with E-state index in [-0.39, 0.29) is 46.1 Å². The topological polar surface area (TPSA) is 112 Å². The van der Waals surface area contributed by atoms with Crippen molar-refractivity contribution in [3.05, 3.63) is 16.7 Å². The summed E-state index contributed by atoms with van der Waals surface area (Å²) in [5, 5.41) is 12.9. The van der Waals surface area contributed by atoms with Crippen molar-refractivity contribution in [1.82, 2.24) is 4.98 Å². The molecule has 0 fully saturated rings. The average molecular weight is 342 g/mol. The molecule has 0 aliphatic carbocycles. The molecule has 1 aliphatic heterocycles. The van der Waals surface area contributed by atoms with Crippen molar-refractivity contribution in [3.8, 4) is 0 Å². The Kier molecular flexibility index (Phi) is 4.90. The zero-order valence-corrected chi connectivity index (χ0v) is 13.6. The number of aromatic nitrogens is 1. The molecule has 0 radical (unpaired) electrons. The van der Waals surface area contributed by atoms with E-state index >= 15 is 0 Å². The van der Waals surface area contributed by atoms with Gasteiger partial charge >= 0.3 is 29.6 Å². The number of nitrogens with one attached hydrogen (secondary N) is 1. The van der Waals surface area contributed by atoms with Gasteiger partial charge in [0.15, 0.2) is 5.82 Å². The van der Waals surface area contributed by atoms with E-state index in [0.29, 0.717) is 4.47 Å². The number of aliphatic carboxylic acids is 1. The third-order valence-corrected chi connectivity index (χ3v) is 3.66. The minimum Gasteiger partial charge on any atom is -0.550 e. The second kappa shape index (κ2) is 5.66. The van der Waals surface area contributed by atoms with Gasteiger partial charge in [-0.15, -0.1) is 4.40 Å². The summed E-state index contributed by atoms with van der Waals surface area (Å²) in [6.07, 6.45) is 0.778. The molecule has 10 heteroatoms. The van der Waals surface area contributed by atoms with Gasteiger partial charge in [-0.25, -0.2) is 4.98 Å². The van der Waals surface area contributed by atoms with Gasteiger partial charge < -0.3 is 15.2 Å². The Balaban J connectivity index is 0.00000162. The number of carbonyl (C=O) groups is 1. The number of nitrogens with zero attached hydrogens (tertiary/aromatic N) is 2. The van der Waals surface area contributed by atoms with Crippen LogP contribution in [0.25, 0.3) is 0 Å².